The molecule has 0 fully saturated rings. The van der Waals surface area contributed by atoms with Gasteiger partial charge < -0.3 is 0 Å². The predicted octanol–water partition coefficient (Wildman–Crippen LogP) is 3.12. The van der Waals surface area contributed by atoms with Gasteiger partial charge >= 0.3 is 0 Å². The fraction of sp³-hybridized carbons (Fsp3) is 0. The fourth-order valence-corrected chi connectivity index (χ4v) is 2.06. The number of halogens is 2. The molecule has 0 saturated carbocycles. The molecule has 0 aliphatic rings. The highest BCUT2D eigenvalue weighted by Gasteiger charge is 2.09. The summed E-state index contributed by atoms with van der Waals surface area (Å²) in [5.41, 5.74) is 1.62. The van der Waals surface area contributed by atoms with Crippen molar-refractivity contribution in [1.82, 2.24) is 19.5 Å². The standard InChI is InChI=1S/C11H6Cl2N4/c12-7-6-17(8-2-1-4-14-10(7)8)9-3-5-15-11(13)16-9/h1-6H. The summed E-state index contributed by atoms with van der Waals surface area (Å²) < 4.78 is 1.83. The maximum Gasteiger partial charge on any atom is 0.224 e. The van der Waals surface area contributed by atoms with E-state index in [0.29, 0.717) is 10.8 Å². The molecule has 84 valence electrons. The second-order valence-corrected chi connectivity index (χ2v) is 4.15. The van der Waals surface area contributed by atoms with Crippen molar-refractivity contribution in [3.05, 3.63) is 47.1 Å². The lowest BCUT2D eigenvalue weighted by Gasteiger charge is -2.02. The van der Waals surface area contributed by atoms with E-state index in [4.69, 9.17) is 23.2 Å². The molecule has 0 radical (unpaired) electrons. The first-order valence-corrected chi connectivity index (χ1v) is 5.62. The number of nitrogens with zero attached hydrogens (tertiary/aromatic N) is 4. The summed E-state index contributed by atoms with van der Waals surface area (Å²) in [5, 5.41) is 0.777. The molecule has 0 atom stereocenters. The normalized spacial score (nSPS) is 10.9. The molecule has 0 saturated heterocycles. The Morgan fingerprint density at radius 3 is 2.76 bits per heavy atom. The smallest absolute Gasteiger partial charge is 0.224 e. The van der Waals surface area contributed by atoms with Crippen LogP contribution in [-0.4, -0.2) is 19.5 Å². The maximum atomic E-state index is 6.11. The predicted molar refractivity (Wildman–Crippen MR) is 66.7 cm³/mol. The SMILES string of the molecule is Clc1nccc(-n2cc(Cl)c3ncccc32)n1. The Bertz CT molecular complexity index is 693. The van der Waals surface area contributed by atoms with Gasteiger partial charge in [0.1, 0.15) is 11.3 Å². The van der Waals surface area contributed by atoms with Crippen LogP contribution in [0.4, 0.5) is 0 Å². The summed E-state index contributed by atoms with van der Waals surface area (Å²) in [6.45, 7) is 0. The second kappa shape index (κ2) is 3.98. The van der Waals surface area contributed by atoms with Crippen LogP contribution in [0.2, 0.25) is 10.3 Å². The summed E-state index contributed by atoms with van der Waals surface area (Å²) in [7, 11) is 0. The molecule has 0 unspecified atom stereocenters. The fourth-order valence-electron chi connectivity index (χ4n) is 1.67. The van der Waals surface area contributed by atoms with Crippen LogP contribution >= 0.6 is 23.2 Å². The zero-order valence-electron chi connectivity index (χ0n) is 8.51. The average molecular weight is 265 g/mol. The monoisotopic (exact) mass is 264 g/mol. The number of aromatic nitrogens is 4. The highest BCUT2D eigenvalue weighted by atomic mass is 35.5. The largest absolute Gasteiger partial charge is 0.298 e. The molecule has 3 rings (SSSR count). The summed E-state index contributed by atoms with van der Waals surface area (Å²) in [5.74, 6) is 0.662. The Balaban J connectivity index is 2.31. The number of hydrogen-bond donors (Lipinski definition) is 0. The minimum Gasteiger partial charge on any atom is -0.298 e. The van der Waals surface area contributed by atoms with Crippen molar-refractivity contribution >= 4 is 34.2 Å². The number of hydrogen-bond acceptors (Lipinski definition) is 3. The Morgan fingerprint density at radius 2 is 1.94 bits per heavy atom. The van der Waals surface area contributed by atoms with E-state index in [2.05, 4.69) is 15.0 Å². The molecule has 0 spiro atoms. The molecular weight excluding hydrogens is 259 g/mol. The zero-order chi connectivity index (χ0) is 11.8. The van der Waals surface area contributed by atoms with Gasteiger partial charge in [-0.1, -0.05) is 11.6 Å². The maximum absolute atomic E-state index is 6.11. The van der Waals surface area contributed by atoms with Gasteiger partial charge in [0.15, 0.2) is 0 Å². The minimum atomic E-state index is 0.198. The van der Waals surface area contributed by atoms with Gasteiger partial charge in [0.05, 0.1) is 10.5 Å². The molecule has 0 aliphatic carbocycles. The topological polar surface area (TPSA) is 43.6 Å². The Morgan fingerprint density at radius 1 is 1.06 bits per heavy atom. The molecule has 0 aliphatic heterocycles. The van der Waals surface area contributed by atoms with Crippen LogP contribution in [0.5, 0.6) is 0 Å². The van der Waals surface area contributed by atoms with Crippen LogP contribution in [0.1, 0.15) is 0 Å². The van der Waals surface area contributed by atoms with E-state index in [1.165, 1.54) is 0 Å². The third-order valence-electron chi connectivity index (χ3n) is 2.37. The van der Waals surface area contributed by atoms with Gasteiger partial charge in [-0.2, -0.15) is 4.98 Å². The van der Waals surface area contributed by atoms with E-state index >= 15 is 0 Å². The summed E-state index contributed by atoms with van der Waals surface area (Å²) in [6, 6.07) is 5.52. The van der Waals surface area contributed by atoms with Crippen molar-refractivity contribution in [2.75, 3.05) is 0 Å². The van der Waals surface area contributed by atoms with Gasteiger partial charge in [0, 0.05) is 18.6 Å². The van der Waals surface area contributed by atoms with Crippen LogP contribution in [0.3, 0.4) is 0 Å². The van der Waals surface area contributed by atoms with E-state index in [0.717, 1.165) is 11.0 Å². The highest BCUT2D eigenvalue weighted by Crippen LogP contribution is 2.25. The molecule has 3 aromatic rings. The Kier molecular flexibility index (Phi) is 2.46. The molecule has 0 aromatic carbocycles. The van der Waals surface area contributed by atoms with Crippen molar-refractivity contribution in [2.24, 2.45) is 0 Å². The van der Waals surface area contributed by atoms with E-state index < -0.39 is 0 Å². The van der Waals surface area contributed by atoms with Gasteiger partial charge in [0.25, 0.3) is 0 Å². The molecule has 3 aromatic heterocycles. The number of rotatable bonds is 1. The van der Waals surface area contributed by atoms with E-state index in [1.54, 1.807) is 24.7 Å². The van der Waals surface area contributed by atoms with E-state index in [9.17, 15) is 0 Å². The van der Waals surface area contributed by atoms with Crippen molar-refractivity contribution in [3.63, 3.8) is 0 Å². The Labute approximate surface area is 107 Å². The lowest BCUT2D eigenvalue weighted by atomic mass is 10.4. The zero-order valence-corrected chi connectivity index (χ0v) is 10.0. The van der Waals surface area contributed by atoms with Crippen LogP contribution in [0, 0.1) is 0 Å². The third-order valence-corrected chi connectivity index (χ3v) is 2.83. The number of pyridine rings is 1. The van der Waals surface area contributed by atoms with Gasteiger partial charge in [-0.3, -0.25) is 9.55 Å². The van der Waals surface area contributed by atoms with Crippen molar-refractivity contribution < 1.29 is 0 Å². The van der Waals surface area contributed by atoms with Crippen LogP contribution < -0.4 is 0 Å². The average Bonchev–Trinajstić information content (AvgIpc) is 2.68. The summed E-state index contributed by atoms with van der Waals surface area (Å²) in [6.07, 6.45) is 5.06. The third kappa shape index (κ3) is 1.75. The van der Waals surface area contributed by atoms with Crippen molar-refractivity contribution in [2.45, 2.75) is 0 Å². The van der Waals surface area contributed by atoms with Gasteiger partial charge in [-0.05, 0) is 29.8 Å². The van der Waals surface area contributed by atoms with Crippen LogP contribution in [0.25, 0.3) is 16.9 Å². The molecule has 0 amide bonds. The second-order valence-electron chi connectivity index (χ2n) is 3.40. The van der Waals surface area contributed by atoms with Gasteiger partial charge in [-0.15, -0.1) is 0 Å². The van der Waals surface area contributed by atoms with Crippen molar-refractivity contribution in [3.8, 4) is 5.82 Å². The molecule has 3 heterocycles. The van der Waals surface area contributed by atoms with Crippen LogP contribution in [-0.2, 0) is 0 Å². The lowest BCUT2D eigenvalue weighted by molar-refractivity contribution is 1.01. The number of fused-ring (bicyclic) bond motifs is 1. The van der Waals surface area contributed by atoms with E-state index in [-0.39, 0.29) is 5.28 Å². The Hall–Kier alpha value is -1.65. The summed E-state index contributed by atoms with van der Waals surface area (Å²) in [4.78, 5) is 12.2. The van der Waals surface area contributed by atoms with Crippen LogP contribution in [0.15, 0.2) is 36.8 Å². The molecule has 6 heteroatoms. The highest BCUT2D eigenvalue weighted by molar-refractivity contribution is 6.35. The van der Waals surface area contributed by atoms with Crippen molar-refractivity contribution in [1.29, 1.82) is 0 Å². The van der Waals surface area contributed by atoms with Gasteiger partial charge in [-0.25, -0.2) is 4.98 Å². The molecule has 0 N–H and O–H groups in total. The summed E-state index contributed by atoms with van der Waals surface area (Å²) >= 11 is 11.9. The minimum absolute atomic E-state index is 0.198. The van der Waals surface area contributed by atoms with Gasteiger partial charge in [0.2, 0.25) is 5.28 Å². The first kappa shape index (κ1) is 10.5. The first-order chi connectivity index (χ1) is 8.25. The molecular formula is C11H6Cl2N4. The first-order valence-electron chi connectivity index (χ1n) is 4.86. The molecule has 17 heavy (non-hydrogen) atoms. The quantitative estimate of drug-likeness (QED) is 0.635. The molecule has 0 bridgehead atoms. The van der Waals surface area contributed by atoms with E-state index in [1.807, 2.05) is 16.7 Å². The molecule has 4 nitrogen and oxygen atoms in total. The lowest BCUT2D eigenvalue weighted by Crippen LogP contribution is -1.96.